The highest BCUT2D eigenvalue weighted by Gasteiger charge is 2.24. The lowest BCUT2D eigenvalue weighted by atomic mass is 10.0. The predicted octanol–water partition coefficient (Wildman–Crippen LogP) is 3.30. The Morgan fingerprint density at radius 2 is 2.14 bits per heavy atom. The summed E-state index contributed by atoms with van der Waals surface area (Å²) in [7, 11) is 0. The summed E-state index contributed by atoms with van der Waals surface area (Å²) in [5.41, 5.74) is 7.20. The number of likely N-dealkylation sites (tertiary alicyclic amines) is 1. The van der Waals surface area contributed by atoms with Crippen LogP contribution in [0, 0.1) is 0 Å². The van der Waals surface area contributed by atoms with Gasteiger partial charge in [-0.1, -0.05) is 17.7 Å². The zero-order chi connectivity index (χ0) is 14.1. The Morgan fingerprint density at radius 3 is 2.86 bits per heavy atom. The molecule has 2 N–H and O–H groups in total. The van der Waals surface area contributed by atoms with Gasteiger partial charge in [-0.3, -0.25) is 9.78 Å². The Bertz CT molecular complexity index is 666. The fourth-order valence-corrected chi connectivity index (χ4v) is 2.91. The molecule has 1 aromatic carbocycles. The van der Waals surface area contributed by atoms with Gasteiger partial charge in [-0.2, -0.15) is 0 Å². The fraction of sp³-hybridized carbons (Fsp3) is 0.333. The van der Waals surface area contributed by atoms with E-state index in [1.54, 1.807) is 17.2 Å². The number of benzene rings is 1. The number of piperidine rings is 1. The second kappa shape index (κ2) is 7.97. The number of hydrogen-bond donors (Lipinski definition) is 1. The maximum atomic E-state index is 12.7. The first-order valence-corrected chi connectivity index (χ1v) is 7.12. The van der Waals surface area contributed by atoms with E-state index in [4.69, 9.17) is 17.3 Å². The molecular formula is C15H18Cl3N3O. The molecule has 1 saturated heterocycles. The zero-order valence-corrected chi connectivity index (χ0v) is 14.3. The largest absolute Gasteiger partial charge is 0.337 e. The van der Waals surface area contributed by atoms with Crippen molar-refractivity contribution in [2.24, 2.45) is 5.73 Å². The highest BCUT2D eigenvalue weighted by molar-refractivity contribution is 6.32. The van der Waals surface area contributed by atoms with Gasteiger partial charge in [0.1, 0.15) is 0 Å². The van der Waals surface area contributed by atoms with E-state index in [-0.39, 0.29) is 36.8 Å². The molecule has 0 radical (unpaired) electrons. The van der Waals surface area contributed by atoms with Crippen molar-refractivity contribution in [1.29, 1.82) is 0 Å². The van der Waals surface area contributed by atoms with Crippen LogP contribution in [0.3, 0.4) is 0 Å². The standard InChI is InChI=1S/C15H16ClN3O.2ClH/c16-11-7-10-3-1-5-18-14(10)13(8-11)15(20)19-6-2-4-12(17)9-19;;/h1,3,5,7-8,12H,2,4,6,9,17H2;2*1H. The third kappa shape index (κ3) is 3.82. The van der Waals surface area contributed by atoms with Gasteiger partial charge in [-0.25, -0.2) is 0 Å². The van der Waals surface area contributed by atoms with Gasteiger partial charge in [-0.05, 0) is 31.0 Å². The summed E-state index contributed by atoms with van der Waals surface area (Å²) in [6, 6.07) is 7.32. The number of nitrogens with two attached hydrogens (primary N) is 1. The van der Waals surface area contributed by atoms with Crippen LogP contribution in [-0.2, 0) is 0 Å². The third-order valence-corrected chi connectivity index (χ3v) is 3.86. The molecule has 2 aromatic rings. The number of carbonyl (C=O) groups excluding carboxylic acids is 1. The minimum Gasteiger partial charge on any atom is -0.337 e. The maximum absolute atomic E-state index is 12.7. The molecule has 1 fully saturated rings. The summed E-state index contributed by atoms with van der Waals surface area (Å²) in [4.78, 5) is 18.8. The van der Waals surface area contributed by atoms with Crippen LogP contribution in [0.1, 0.15) is 23.2 Å². The molecule has 0 bridgehead atoms. The van der Waals surface area contributed by atoms with Crippen molar-refractivity contribution < 1.29 is 4.79 Å². The van der Waals surface area contributed by atoms with E-state index in [0.29, 0.717) is 22.6 Å². The summed E-state index contributed by atoms with van der Waals surface area (Å²) in [5, 5.41) is 1.43. The molecule has 0 spiro atoms. The number of aromatic nitrogens is 1. The molecule has 120 valence electrons. The number of amides is 1. The van der Waals surface area contributed by atoms with Crippen molar-refractivity contribution in [3.63, 3.8) is 0 Å². The summed E-state index contributed by atoms with van der Waals surface area (Å²) in [5.74, 6) is -0.0358. The topological polar surface area (TPSA) is 59.2 Å². The van der Waals surface area contributed by atoms with Crippen molar-refractivity contribution in [3.05, 3.63) is 41.0 Å². The van der Waals surface area contributed by atoms with E-state index in [9.17, 15) is 4.79 Å². The van der Waals surface area contributed by atoms with Crippen LogP contribution in [-0.4, -0.2) is 34.9 Å². The maximum Gasteiger partial charge on any atom is 0.256 e. The first kappa shape index (κ1) is 19.0. The fourth-order valence-electron chi connectivity index (χ4n) is 2.68. The van der Waals surface area contributed by atoms with Gasteiger partial charge in [0, 0.05) is 35.7 Å². The number of fused-ring (bicyclic) bond motifs is 1. The van der Waals surface area contributed by atoms with Crippen molar-refractivity contribution >= 4 is 53.2 Å². The van der Waals surface area contributed by atoms with Crippen LogP contribution < -0.4 is 5.73 Å². The molecule has 2 heterocycles. The van der Waals surface area contributed by atoms with E-state index >= 15 is 0 Å². The third-order valence-electron chi connectivity index (χ3n) is 3.65. The van der Waals surface area contributed by atoms with Crippen molar-refractivity contribution in [3.8, 4) is 0 Å². The summed E-state index contributed by atoms with van der Waals surface area (Å²) >= 11 is 6.11. The van der Waals surface area contributed by atoms with Crippen molar-refractivity contribution in [2.75, 3.05) is 13.1 Å². The Kier molecular flexibility index (Phi) is 6.88. The first-order valence-electron chi connectivity index (χ1n) is 6.74. The molecular weight excluding hydrogens is 345 g/mol. The number of hydrogen-bond acceptors (Lipinski definition) is 3. The Balaban J connectivity index is 0.00000121. The number of halogens is 3. The average molecular weight is 363 g/mol. The number of carbonyl (C=O) groups is 1. The minimum absolute atomic E-state index is 0. The molecule has 1 aliphatic rings. The molecule has 1 aromatic heterocycles. The molecule has 22 heavy (non-hydrogen) atoms. The van der Waals surface area contributed by atoms with Gasteiger partial charge in [0.25, 0.3) is 5.91 Å². The van der Waals surface area contributed by atoms with Crippen LogP contribution in [0.15, 0.2) is 30.5 Å². The van der Waals surface area contributed by atoms with Gasteiger partial charge in [0.05, 0.1) is 11.1 Å². The predicted molar refractivity (Wildman–Crippen MR) is 94.4 cm³/mol. The SMILES string of the molecule is Cl.Cl.NC1CCCN(C(=O)c2cc(Cl)cc3cccnc23)C1. The second-order valence-corrected chi connectivity index (χ2v) is 5.62. The van der Waals surface area contributed by atoms with Crippen LogP contribution in [0.2, 0.25) is 5.02 Å². The molecule has 0 aliphatic carbocycles. The molecule has 4 nitrogen and oxygen atoms in total. The molecule has 1 aliphatic heterocycles. The molecule has 3 rings (SSSR count). The summed E-state index contributed by atoms with van der Waals surface area (Å²) in [6.45, 7) is 1.34. The van der Waals surface area contributed by atoms with Crippen molar-refractivity contribution in [1.82, 2.24) is 9.88 Å². The van der Waals surface area contributed by atoms with E-state index in [2.05, 4.69) is 4.98 Å². The smallest absolute Gasteiger partial charge is 0.256 e. The van der Waals surface area contributed by atoms with E-state index in [1.807, 2.05) is 18.2 Å². The molecule has 1 amide bonds. The normalized spacial score (nSPS) is 17.5. The lowest BCUT2D eigenvalue weighted by molar-refractivity contribution is 0.0710. The Labute approximate surface area is 146 Å². The lowest BCUT2D eigenvalue weighted by Crippen LogP contribution is -2.45. The van der Waals surface area contributed by atoms with Gasteiger partial charge >= 0.3 is 0 Å². The van der Waals surface area contributed by atoms with Gasteiger partial charge in [0.2, 0.25) is 0 Å². The van der Waals surface area contributed by atoms with Crippen LogP contribution >= 0.6 is 36.4 Å². The van der Waals surface area contributed by atoms with Gasteiger partial charge in [-0.15, -0.1) is 24.8 Å². The van der Waals surface area contributed by atoms with Crippen LogP contribution in [0.4, 0.5) is 0 Å². The Morgan fingerprint density at radius 1 is 1.36 bits per heavy atom. The highest BCUT2D eigenvalue weighted by Crippen LogP contribution is 2.24. The molecule has 7 heteroatoms. The lowest BCUT2D eigenvalue weighted by Gasteiger charge is -2.31. The number of rotatable bonds is 1. The van der Waals surface area contributed by atoms with Crippen LogP contribution in [0.5, 0.6) is 0 Å². The quantitative estimate of drug-likeness (QED) is 0.847. The molecule has 1 unspecified atom stereocenters. The number of pyridine rings is 1. The zero-order valence-electron chi connectivity index (χ0n) is 11.9. The van der Waals surface area contributed by atoms with E-state index in [1.165, 1.54) is 0 Å². The minimum atomic E-state index is -0.0358. The van der Waals surface area contributed by atoms with Crippen LogP contribution in [0.25, 0.3) is 10.9 Å². The molecule has 0 saturated carbocycles. The monoisotopic (exact) mass is 361 g/mol. The highest BCUT2D eigenvalue weighted by atomic mass is 35.5. The van der Waals surface area contributed by atoms with Gasteiger partial charge in [0.15, 0.2) is 0 Å². The second-order valence-electron chi connectivity index (χ2n) is 5.18. The summed E-state index contributed by atoms with van der Waals surface area (Å²) in [6.07, 6.45) is 3.60. The van der Waals surface area contributed by atoms with E-state index in [0.717, 1.165) is 24.8 Å². The van der Waals surface area contributed by atoms with Crippen molar-refractivity contribution in [2.45, 2.75) is 18.9 Å². The molecule has 1 atom stereocenters. The number of nitrogens with zero attached hydrogens (tertiary/aromatic N) is 2. The first-order chi connectivity index (χ1) is 9.65. The average Bonchev–Trinajstić information content (AvgIpc) is 2.45. The summed E-state index contributed by atoms with van der Waals surface area (Å²) < 4.78 is 0. The Hall–Kier alpha value is -1.07. The van der Waals surface area contributed by atoms with E-state index < -0.39 is 0 Å². The van der Waals surface area contributed by atoms with Gasteiger partial charge < -0.3 is 10.6 Å².